The van der Waals surface area contributed by atoms with E-state index in [0.717, 1.165) is 16.5 Å². The highest BCUT2D eigenvalue weighted by Crippen LogP contribution is 2.56. The van der Waals surface area contributed by atoms with Gasteiger partial charge in [-0.1, -0.05) is 36.7 Å². The number of aromatic amines is 1. The summed E-state index contributed by atoms with van der Waals surface area (Å²) in [5.41, 5.74) is 0.286. The number of benzene rings is 3. The summed E-state index contributed by atoms with van der Waals surface area (Å²) in [6.07, 6.45) is 1.46. The maximum absolute atomic E-state index is 14.3. The highest BCUT2D eigenvalue weighted by molar-refractivity contribution is 6.35. The van der Waals surface area contributed by atoms with Crippen molar-refractivity contribution in [1.29, 1.82) is 0 Å². The van der Waals surface area contributed by atoms with Crippen LogP contribution in [0, 0.1) is 5.92 Å². The summed E-state index contributed by atoms with van der Waals surface area (Å²) in [4.78, 5) is 45.0. The van der Waals surface area contributed by atoms with Crippen LogP contribution in [0.5, 0.6) is 28.7 Å². The number of nitrogens with one attached hydrogen (secondary N) is 2. The fourth-order valence-corrected chi connectivity index (χ4v) is 7.08. The molecule has 0 saturated carbocycles. The van der Waals surface area contributed by atoms with E-state index in [-0.39, 0.29) is 65.5 Å². The first-order chi connectivity index (χ1) is 22.7. The molecule has 0 saturated heterocycles. The summed E-state index contributed by atoms with van der Waals surface area (Å²) in [7, 11) is 2.80. The number of ketones is 2. The topological polar surface area (TPSA) is 145 Å². The number of H-pyrrole nitrogens is 1. The SMILES string of the molecule is COc1cc(OC)c2c(c1Cl)O[C@]1(C2=O)C(O)=C(C(CC(=O)NCc2cccc3[nH]ccc23)c2ccc3c(c2)OCO3)C(=O)C[C@H]1C. The lowest BCUT2D eigenvalue weighted by molar-refractivity contribution is -0.122. The molecule has 1 aliphatic carbocycles. The number of carbonyl (C=O) groups is 3. The molecule has 1 spiro atoms. The smallest absolute Gasteiger partial charge is 0.231 e. The van der Waals surface area contributed by atoms with Gasteiger partial charge in [-0.15, -0.1) is 0 Å². The average molecular weight is 659 g/mol. The maximum Gasteiger partial charge on any atom is 0.231 e. The zero-order chi connectivity index (χ0) is 33.0. The second kappa shape index (κ2) is 11.6. The lowest BCUT2D eigenvalue weighted by Gasteiger charge is -2.38. The van der Waals surface area contributed by atoms with Gasteiger partial charge >= 0.3 is 0 Å². The Kier molecular flexibility index (Phi) is 7.51. The molecule has 3 aromatic carbocycles. The molecule has 47 heavy (non-hydrogen) atoms. The third-order valence-electron chi connectivity index (χ3n) is 9.21. The molecule has 1 unspecified atom stereocenters. The molecule has 0 radical (unpaired) electrons. The van der Waals surface area contributed by atoms with Gasteiger partial charge in [-0.25, -0.2) is 0 Å². The number of carbonyl (C=O) groups excluding carboxylic acids is 3. The number of rotatable bonds is 8. The standard InChI is InChI=1S/C35H31ClN2O9/c1-17-11-23(39)29(33(41)35(17)34(42)30-26(43-2)14-27(44-3)31(36)32(30)47-35)21(18-7-8-24-25(12-18)46-16-45-24)13-28(40)38-15-19-5-4-6-22-20(19)9-10-37-22/h4-10,12,14,17,21,37,41H,11,13,15-16H2,1-3H3,(H,38,40)/t17-,21?,35+/m1/s1. The second-order valence-corrected chi connectivity index (χ2v) is 12.1. The first-order valence-corrected chi connectivity index (χ1v) is 15.4. The number of aliphatic hydroxyl groups is 1. The van der Waals surface area contributed by atoms with Crippen LogP contribution in [-0.2, 0) is 16.1 Å². The predicted octanol–water partition coefficient (Wildman–Crippen LogP) is 5.79. The maximum atomic E-state index is 14.3. The largest absolute Gasteiger partial charge is 0.507 e. The number of aliphatic hydroxyl groups excluding tert-OH is 1. The lowest BCUT2D eigenvalue weighted by atomic mass is 9.69. The monoisotopic (exact) mass is 658 g/mol. The highest BCUT2D eigenvalue weighted by atomic mass is 35.5. The number of Topliss-reactive ketones (excluding diaryl/α,β-unsaturated/α-hetero) is 2. The predicted molar refractivity (Wildman–Crippen MR) is 171 cm³/mol. The van der Waals surface area contributed by atoms with Gasteiger partial charge in [0.05, 0.1) is 14.2 Å². The zero-order valence-corrected chi connectivity index (χ0v) is 26.5. The summed E-state index contributed by atoms with van der Waals surface area (Å²) < 4.78 is 28.2. The van der Waals surface area contributed by atoms with Gasteiger partial charge in [-0.2, -0.15) is 0 Å². The summed E-state index contributed by atoms with van der Waals surface area (Å²) in [6, 6.07) is 14.2. The van der Waals surface area contributed by atoms with Crippen LogP contribution >= 0.6 is 11.6 Å². The number of ether oxygens (including phenoxy) is 5. The number of methoxy groups -OCH3 is 2. The van der Waals surface area contributed by atoms with Gasteiger partial charge in [-0.3, -0.25) is 14.4 Å². The van der Waals surface area contributed by atoms with Crippen molar-refractivity contribution in [2.45, 2.75) is 37.8 Å². The zero-order valence-electron chi connectivity index (χ0n) is 25.8. The molecule has 2 aliphatic heterocycles. The van der Waals surface area contributed by atoms with E-state index in [2.05, 4.69) is 10.3 Å². The molecule has 1 aromatic heterocycles. The van der Waals surface area contributed by atoms with Crippen molar-refractivity contribution in [1.82, 2.24) is 10.3 Å². The average Bonchev–Trinajstić information content (AvgIpc) is 3.81. The van der Waals surface area contributed by atoms with Crippen LogP contribution in [-0.4, -0.2) is 54.2 Å². The number of hydrogen-bond acceptors (Lipinski definition) is 9. The first kappa shape index (κ1) is 30.5. The van der Waals surface area contributed by atoms with E-state index in [1.807, 2.05) is 30.5 Å². The number of amides is 1. The third-order valence-corrected chi connectivity index (χ3v) is 9.57. The van der Waals surface area contributed by atoms with Crippen LogP contribution in [0.15, 0.2) is 66.1 Å². The number of allylic oxidation sites excluding steroid dienone is 1. The molecule has 3 heterocycles. The summed E-state index contributed by atoms with van der Waals surface area (Å²) in [6.45, 7) is 1.91. The molecular formula is C35H31ClN2O9. The first-order valence-electron chi connectivity index (χ1n) is 15.0. The van der Waals surface area contributed by atoms with Crippen LogP contribution < -0.4 is 29.0 Å². The normalized spacial score (nSPS) is 20.4. The van der Waals surface area contributed by atoms with E-state index in [4.69, 9.17) is 35.3 Å². The van der Waals surface area contributed by atoms with Gasteiger partial charge in [0.2, 0.25) is 24.1 Å². The number of hydrogen-bond donors (Lipinski definition) is 3. The quantitative estimate of drug-likeness (QED) is 0.214. The van der Waals surface area contributed by atoms with Crippen LogP contribution in [0.3, 0.4) is 0 Å². The number of halogens is 1. The van der Waals surface area contributed by atoms with Crippen molar-refractivity contribution in [2.24, 2.45) is 5.92 Å². The Hall–Kier alpha value is -5.16. The minimum Gasteiger partial charge on any atom is -0.507 e. The molecule has 3 atom stereocenters. The van der Waals surface area contributed by atoms with Gasteiger partial charge in [0, 0.05) is 60.0 Å². The molecule has 0 bridgehead atoms. The van der Waals surface area contributed by atoms with Crippen LogP contribution in [0.25, 0.3) is 10.9 Å². The Bertz CT molecular complexity index is 2000. The molecule has 4 aromatic rings. The molecule has 0 fully saturated rings. The molecular weight excluding hydrogens is 628 g/mol. The van der Waals surface area contributed by atoms with Gasteiger partial charge in [0.25, 0.3) is 0 Å². The summed E-state index contributed by atoms with van der Waals surface area (Å²) in [5, 5.41) is 16.1. The van der Waals surface area contributed by atoms with Crippen molar-refractivity contribution < 1.29 is 43.2 Å². The van der Waals surface area contributed by atoms with E-state index in [1.165, 1.54) is 20.3 Å². The summed E-state index contributed by atoms with van der Waals surface area (Å²) >= 11 is 6.60. The molecule has 7 rings (SSSR count). The molecule has 3 aliphatic rings. The fourth-order valence-electron chi connectivity index (χ4n) is 6.81. The van der Waals surface area contributed by atoms with Crippen molar-refractivity contribution in [3.8, 4) is 28.7 Å². The third kappa shape index (κ3) is 4.75. The molecule has 12 heteroatoms. The second-order valence-electron chi connectivity index (χ2n) is 11.8. The van der Waals surface area contributed by atoms with Crippen molar-refractivity contribution in [3.63, 3.8) is 0 Å². The van der Waals surface area contributed by atoms with Crippen LogP contribution in [0.1, 0.15) is 47.2 Å². The number of fused-ring (bicyclic) bond motifs is 3. The Morgan fingerprint density at radius 2 is 1.89 bits per heavy atom. The Morgan fingerprint density at radius 1 is 1.11 bits per heavy atom. The van der Waals surface area contributed by atoms with E-state index in [1.54, 1.807) is 25.1 Å². The van der Waals surface area contributed by atoms with Gasteiger partial charge in [-0.05, 0) is 35.4 Å². The number of aromatic nitrogens is 1. The van der Waals surface area contributed by atoms with Crippen molar-refractivity contribution >= 4 is 40.0 Å². The lowest BCUT2D eigenvalue weighted by Crippen LogP contribution is -2.53. The van der Waals surface area contributed by atoms with Gasteiger partial charge in [0.15, 0.2) is 28.8 Å². The Labute approximate surface area is 274 Å². The summed E-state index contributed by atoms with van der Waals surface area (Å²) in [5.74, 6) is -2.48. The van der Waals surface area contributed by atoms with Gasteiger partial charge < -0.3 is 39.1 Å². The van der Waals surface area contributed by atoms with E-state index in [9.17, 15) is 19.5 Å². The minimum atomic E-state index is -2.00. The van der Waals surface area contributed by atoms with E-state index in [0.29, 0.717) is 17.1 Å². The van der Waals surface area contributed by atoms with Crippen molar-refractivity contribution in [2.75, 3.05) is 21.0 Å². The Morgan fingerprint density at radius 3 is 2.68 bits per heavy atom. The van der Waals surface area contributed by atoms with Gasteiger partial charge in [0.1, 0.15) is 22.1 Å². The minimum absolute atomic E-state index is 0.0173. The fraction of sp³-hybridized carbons (Fsp3) is 0.286. The van der Waals surface area contributed by atoms with E-state index >= 15 is 0 Å². The van der Waals surface area contributed by atoms with Crippen LogP contribution in [0.4, 0.5) is 0 Å². The molecule has 3 N–H and O–H groups in total. The van der Waals surface area contributed by atoms with Crippen LogP contribution in [0.2, 0.25) is 5.02 Å². The molecule has 11 nitrogen and oxygen atoms in total. The molecule has 1 amide bonds. The van der Waals surface area contributed by atoms with E-state index < -0.39 is 34.8 Å². The Balaban J connectivity index is 1.30. The highest BCUT2D eigenvalue weighted by Gasteiger charge is 2.61. The van der Waals surface area contributed by atoms with Crippen molar-refractivity contribution in [3.05, 3.63) is 87.8 Å². The molecule has 242 valence electrons.